The van der Waals surface area contributed by atoms with Crippen molar-refractivity contribution in [3.05, 3.63) is 17.8 Å². The molecule has 2 saturated heterocycles. The molecule has 0 aromatic carbocycles. The summed E-state index contributed by atoms with van der Waals surface area (Å²) in [4.78, 5) is 27.6. The largest absolute Gasteiger partial charge is 0.352 e. The van der Waals surface area contributed by atoms with Crippen molar-refractivity contribution in [3.8, 4) is 0 Å². The summed E-state index contributed by atoms with van der Waals surface area (Å²) in [6.45, 7) is 2.84. The van der Waals surface area contributed by atoms with Gasteiger partial charge in [-0.25, -0.2) is 0 Å². The van der Waals surface area contributed by atoms with Crippen molar-refractivity contribution in [1.82, 2.24) is 20.4 Å². The first-order valence-electron chi connectivity index (χ1n) is 8.37. The summed E-state index contributed by atoms with van der Waals surface area (Å²) < 4.78 is 0. The second kappa shape index (κ2) is 5.79. The van der Waals surface area contributed by atoms with E-state index in [0.29, 0.717) is 31.8 Å². The lowest BCUT2D eigenvalue weighted by Crippen LogP contribution is -2.53. The van der Waals surface area contributed by atoms with Gasteiger partial charge in [0.05, 0.1) is 5.69 Å². The number of nitrogens with zero attached hydrogens (tertiary/aromatic N) is 4. The van der Waals surface area contributed by atoms with Crippen molar-refractivity contribution in [1.29, 1.82) is 0 Å². The van der Waals surface area contributed by atoms with Gasteiger partial charge in [0.2, 0.25) is 11.8 Å². The van der Waals surface area contributed by atoms with E-state index in [2.05, 4.69) is 26.5 Å². The molecule has 122 valence electrons. The number of carbonyl (C=O) groups is 2. The third-order valence-electron chi connectivity index (χ3n) is 4.88. The molecule has 2 amide bonds. The number of rotatable bonds is 3. The quantitative estimate of drug-likeness (QED) is 0.867. The number of amides is 2. The van der Waals surface area contributed by atoms with Crippen LogP contribution in [-0.4, -0.2) is 59.1 Å². The Labute approximate surface area is 135 Å². The van der Waals surface area contributed by atoms with Crippen LogP contribution >= 0.6 is 0 Å². The maximum Gasteiger partial charge on any atom is 0.245 e. The van der Waals surface area contributed by atoms with Gasteiger partial charge < -0.3 is 15.1 Å². The van der Waals surface area contributed by atoms with Gasteiger partial charge in [0, 0.05) is 38.5 Å². The average Bonchev–Trinajstić information content (AvgIpc) is 3.36. The average molecular weight is 315 g/mol. The Kier molecular flexibility index (Phi) is 3.63. The normalized spacial score (nSPS) is 24.7. The molecule has 2 aliphatic heterocycles. The van der Waals surface area contributed by atoms with Gasteiger partial charge in [-0.3, -0.25) is 9.59 Å². The molecule has 7 nitrogen and oxygen atoms in total. The SMILES string of the molecule is O=C1CC[C@H](C(=O)N2CCN(c3ccc(C4CC4)nn3)CC2)N1. The fourth-order valence-corrected chi connectivity index (χ4v) is 3.28. The molecule has 3 fully saturated rings. The standard InChI is InChI=1S/C16H21N5O2/c22-15-6-4-13(17-15)16(23)21-9-7-20(8-10-21)14-5-3-12(18-19-14)11-1-2-11/h3,5,11,13H,1-2,4,6-10H2,(H,17,22)/t13-/m1/s1. The number of anilines is 1. The lowest BCUT2D eigenvalue weighted by atomic mass is 10.2. The lowest BCUT2D eigenvalue weighted by Gasteiger charge is -2.36. The smallest absolute Gasteiger partial charge is 0.245 e. The molecule has 1 aromatic heterocycles. The third kappa shape index (κ3) is 3.00. The Balaban J connectivity index is 1.33. The van der Waals surface area contributed by atoms with Crippen LogP contribution in [0.1, 0.15) is 37.3 Å². The van der Waals surface area contributed by atoms with Crippen LogP contribution in [0.5, 0.6) is 0 Å². The van der Waals surface area contributed by atoms with Crippen LogP contribution in [0.15, 0.2) is 12.1 Å². The minimum absolute atomic E-state index is 0.0204. The Hall–Kier alpha value is -2.18. The maximum absolute atomic E-state index is 12.4. The molecular formula is C16H21N5O2. The van der Waals surface area contributed by atoms with E-state index in [1.54, 1.807) is 0 Å². The van der Waals surface area contributed by atoms with E-state index in [4.69, 9.17) is 0 Å². The molecule has 0 bridgehead atoms. The number of aromatic nitrogens is 2. The van der Waals surface area contributed by atoms with Gasteiger partial charge in [-0.05, 0) is 31.4 Å². The molecule has 0 unspecified atom stereocenters. The summed E-state index contributed by atoms with van der Waals surface area (Å²) in [7, 11) is 0. The van der Waals surface area contributed by atoms with Gasteiger partial charge in [0.25, 0.3) is 0 Å². The highest BCUT2D eigenvalue weighted by molar-refractivity contribution is 5.90. The van der Waals surface area contributed by atoms with E-state index < -0.39 is 0 Å². The van der Waals surface area contributed by atoms with Crippen LogP contribution in [0.2, 0.25) is 0 Å². The molecule has 1 aromatic rings. The first kappa shape index (κ1) is 14.4. The fourth-order valence-electron chi connectivity index (χ4n) is 3.28. The van der Waals surface area contributed by atoms with E-state index in [1.807, 2.05) is 11.0 Å². The summed E-state index contributed by atoms with van der Waals surface area (Å²) in [6, 6.07) is 3.78. The highest BCUT2D eigenvalue weighted by Gasteiger charge is 2.32. The van der Waals surface area contributed by atoms with Gasteiger partial charge in [0.1, 0.15) is 6.04 Å². The van der Waals surface area contributed by atoms with Gasteiger partial charge in [0.15, 0.2) is 5.82 Å². The Morgan fingerprint density at radius 2 is 1.87 bits per heavy atom. The zero-order valence-corrected chi connectivity index (χ0v) is 13.1. The van der Waals surface area contributed by atoms with Crippen LogP contribution < -0.4 is 10.2 Å². The minimum Gasteiger partial charge on any atom is -0.352 e. The van der Waals surface area contributed by atoms with Gasteiger partial charge in [-0.1, -0.05) is 0 Å². The summed E-state index contributed by atoms with van der Waals surface area (Å²) in [5, 5.41) is 11.4. The summed E-state index contributed by atoms with van der Waals surface area (Å²) in [5.41, 5.74) is 1.10. The molecule has 0 spiro atoms. The molecule has 23 heavy (non-hydrogen) atoms. The Morgan fingerprint density at radius 1 is 1.09 bits per heavy atom. The van der Waals surface area contributed by atoms with Crippen molar-refractivity contribution in [3.63, 3.8) is 0 Å². The fraction of sp³-hybridized carbons (Fsp3) is 0.625. The summed E-state index contributed by atoms with van der Waals surface area (Å²) in [5.74, 6) is 1.53. The van der Waals surface area contributed by atoms with Crippen LogP contribution in [0.4, 0.5) is 5.82 Å². The topological polar surface area (TPSA) is 78.4 Å². The number of hydrogen-bond acceptors (Lipinski definition) is 5. The number of piperazine rings is 1. The monoisotopic (exact) mass is 315 g/mol. The van der Waals surface area contributed by atoms with Crippen LogP contribution in [0, 0.1) is 0 Å². The maximum atomic E-state index is 12.4. The van der Waals surface area contributed by atoms with E-state index in [0.717, 1.165) is 24.6 Å². The zero-order chi connectivity index (χ0) is 15.8. The first-order chi connectivity index (χ1) is 11.2. The highest BCUT2D eigenvalue weighted by Crippen LogP contribution is 2.38. The number of carbonyl (C=O) groups excluding carboxylic acids is 2. The predicted molar refractivity (Wildman–Crippen MR) is 84.0 cm³/mol. The zero-order valence-electron chi connectivity index (χ0n) is 13.1. The van der Waals surface area contributed by atoms with E-state index in [9.17, 15) is 9.59 Å². The Bertz CT molecular complexity index is 605. The second-order valence-corrected chi connectivity index (χ2v) is 6.56. The van der Waals surface area contributed by atoms with Gasteiger partial charge in [-0.2, -0.15) is 5.10 Å². The predicted octanol–water partition coefficient (Wildman–Crippen LogP) is 0.281. The minimum atomic E-state index is -0.327. The van der Waals surface area contributed by atoms with Crippen molar-refractivity contribution >= 4 is 17.6 Å². The lowest BCUT2D eigenvalue weighted by molar-refractivity contribution is -0.134. The molecule has 0 radical (unpaired) electrons. The molecule has 3 aliphatic rings. The van der Waals surface area contributed by atoms with Crippen LogP contribution in [-0.2, 0) is 9.59 Å². The van der Waals surface area contributed by atoms with Crippen molar-refractivity contribution in [2.75, 3.05) is 31.1 Å². The van der Waals surface area contributed by atoms with Crippen molar-refractivity contribution < 1.29 is 9.59 Å². The molecule has 1 aliphatic carbocycles. The molecule has 1 saturated carbocycles. The molecule has 1 atom stereocenters. The third-order valence-corrected chi connectivity index (χ3v) is 4.88. The number of nitrogens with one attached hydrogen (secondary N) is 1. The molecule has 4 rings (SSSR count). The van der Waals surface area contributed by atoms with Crippen LogP contribution in [0.25, 0.3) is 0 Å². The van der Waals surface area contributed by atoms with E-state index >= 15 is 0 Å². The van der Waals surface area contributed by atoms with Crippen molar-refractivity contribution in [2.45, 2.75) is 37.6 Å². The number of hydrogen-bond donors (Lipinski definition) is 1. The molecule has 3 heterocycles. The van der Waals surface area contributed by atoms with Crippen LogP contribution in [0.3, 0.4) is 0 Å². The van der Waals surface area contributed by atoms with Crippen molar-refractivity contribution in [2.24, 2.45) is 0 Å². The summed E-state index contributed by atoms with van der Waals surface area (Å²) >= 11 is 0. The summed E-state index contributed by atoms with van der Waals surface area (Å²) in [6.07, 6.45) is 3.53. The first-order valence-corrected chi connectivity index (χ1v) is 8.37. The Morgan fingerprint density at radius 3 is 2.43 bits per heavy atom. The van der Waals surface area contributed by atoms with Gasteiger partial charge in [-0.15, -0.1) is 5.10 Å². The molecular weight excluding hydrogens is 294 g/mol. The second-order valence-electron chi connectivity index (χ2n) is 6.56. The van der Waals surface area contributed by atoms with E-state index in [-0.39, 0.29) is 17.9 Å². The molecule has 1 N–H and O–H groups in total. The molecule has 7 heteroatoms. The van der Waals surface area contributed by atoms with E-state index in [1.165, 1.54) is 12.8 Å². The van der Waals surface area contributed by atoms with Gasteiger partial charge >= 0.3 is 0 Å². The highest BCUT2D eigenvalue weighted by atomic mass is 16.2.